The Morgan fingerprint density at radius 3 is 3.00 bits per heavy atom. The van der Waals surface area contributed by atoms with E-state index in [9.17, 15) is 9.90 Å². The third kappa shape index (κ3) is 2.79. The van der Waals surface area contributed by atoms with Crippen molar-refractivity contribution in [3.8, 4) is 0 Å². The topological polar surface area (TPSA) is 62.2 Å². The highest BCUT2D eigenvalue weighted by molar-refractivity contribution is 5.92. The first-order valence-electron chi connectivity index (χ1n) is 5.65. The van der Waals surface area contributed by atoms with Crippen molar-refractivity contribution in [1.29, 1.82) is 0 Å². The highest BCUT2D eigenvalue weighted by Crippen LogP contribution is 2.18. The summed E-state index contributed by atoms with van der Waals surface area (Å²) in [6.07, 6.45) is 4.73. The van der Waals surface area contributed by atoms with Crippen molar-refractivity contribution in [3.05, 3.63) is 30.1 Å². The molecule has 4 nitrogen and oxygen atoms in total. The van der Waals surface area contributed by atoms with Crippen molar-refractivity contribution in [2.24, 2.45) is 0 Å². The lowest BCUT2D eigenvalue weighted by Crippen LogP contribution is -2.40. The predicted molar refractivity (Wildman–Crippen MR) is 60.0 cm³/mol. The molecule has 2 atom stereocenters. The number of nitrogens with one attached hydrogen (secondary N) is 1. The van der Waals surface area contributed by atoms with Crippen LogP contribution in [0.1, 0.15) is 36.2 Å². The summed E-state index contributed by atoms with van der Waals surface area (Å²) in [5, 5.41) is 12.4. The van der Waals surface area contributed by atoms with Crippen molar-refractivity contribution in [2.75, 3.05) is 0 Å². The van der Waals surface area contributed by atoms with Crippen LogP contribution >= 0.6 is 0 Å². The molecule has 1 amide bonds. The molecule has 0 aliphatic heterocycles. The van der Waals surface area contributed by atoms with Crippen LogP contribution < -0.4 is 5.32 Å². The first-order chi connectivity index (χ1) is 7.75. The van der Waals surface area contributed by atoms with E-state index in [1.165, 1.54) is 0 Å². The van der Waals surface area contributed by atoms with Crippen LogP contribution in [0, 0.1) is 0 Å². The Hall–Kier alpha value is -1.42. The molecule has 2 N–H and O–H groups in total. The van der Waals surface area contributed by atoms with Gasteiger partial charge in [0.2, 0.25) is 0 Å². The normalized spacial score (nSPS) is 25.1. The molecule has 1 aliphatic carbocycles. The summed E-state index contributed by atoms with van der Waals surface area (Å²) in [6.45, 7) is 0. The van der Waals surface area contributed by atoms with Crippen LogP contribution in [0.4, 0.5) is 0 Å². The van der Waals surface area contributed by atoms with Gasteiger partial charge in [-0.1, -0.05) is 6.07 Å². The number of aromatic nitrogens is 1. The molecule has 2 unspecified atom stereocenters. The highest BCUT2D eigenvalue weighted by Gasteiger charge is 2.22. The molecule has 86 valence electrons. The van der Waals surface area contributed by atoms with Gasteiger partial charge in [-0.15, -0.1) is 0 Å². The number of hydrogen-bond donors (Lipinski definition) is 2. The molecule has 1 aromatic rings. The van der Waals surface area contributed by atoms with E-state index in [1.807, 2.05) is 0 Å². The third-order valence-corrected chi connectivity index (χ3v) is 2.88. The Morgan fingerprint density at radius 2 is 2.31 bits per heavy atom. The van der Waals surface area contributed by atoms with Gasteiger partial charge >= 0.3 is 0 Å². The van der Waals surface area contributed by atoms with Gasteiger partial charge < -0.3 is 10.4 Å². The molecule has 1 aliphatic rings. The van der Waals surface area contributed by atoms with Crippen molar-refractivity contribution in [1.82, 2.24) is 10.3 Å². The quantitative estimate of drug-likeness (QED) is 0.785. The number of aliphatic hydroxyl groups excluding tert-OH is 1. The first-order valence-corrected chi connectivity index (χ1v) is 5.65. The standard InChI is InChI=1S/C12H16N2O2/c15-10-5-3-4-9(8-10)14-12(16)11-6-1-2-7-13-11/h1-2,6-7,9-10,15H,3-5,8H2,(H,14,16). The number of carbonyl (C=O) groups is 1. The van der Waals surface area contributed by atoms with Crippen LogP contribution in [0.3, 0.4) is 0 Å². The van der Waals surface area contributed by atoms with Crippen LogP contribution in [-0.4, -0.2) is 28.1 Å². The minimum absolute atomic E-state index is 0.0817. The van der Waals surface area contributed by atoms with Gasteiger partial charge in [0.15, 0.2) is 0 Å². The van der Waals surface area contributed by atoms with E-state index < -0.39 is 0 Å². The molecule has 0 bridgehead atoms. The molecule has 0 saturated heterocycles. The Labute approximate surface area is 94.7 Å². The molecule has 1 fully saturated rings. The van der Waals surface area contributed by atoms with E-state index in [-0.39, 0.29) is 18.1 Å². The summed E-state index contributed by atoms with van der Waals surface area (Å²) >= 11 is 0. The maximum absolute atomic E-state index is 11.8. The van der Waals surface area contributed by atoms with Crippen LogP contribution in [0.2, 0.25) is 0 Å². The average Bonchev–Trinajstić information content (AvgIpc) is 2.30. The Balaban J connectivity index is 1.92. The predicted octanol–water partition coefficient (Wildman–Crippen LogP) is 1.11. The van der Waals surface area contributed by atoms with Crippen LogP contribution in [-0.2, 0) is 0 Å². The molecule has 1 saturated carbocycles. The fourth-order valence-corrected chi connectivity index (χ4v) is 2.05. The molecule has 0 radical (unpaired) electrons. The maximum atomic E-state index is 11.8. The summed E-state index contributed by atoms with van der Waals surface area (Å²) in [6, 6.07) is 5.34. The van der Waals surface area contributed by atoms with Gasteiger partial charge in [-0.05, 0) is 37.8 Å². The summed E-state index contributed by atoms with van der Waals surface area (Å²) in [7, 11) is 0. The fraction of sp³-hybridized carbons (Fsp3) is 0.500. The van der Waals surface area contributed by atoms with Crippen molar-refractivity contribution >= 4 is 5.91 Å². The Bertz CT molecular complexity index is 353. The van der Waals surface area contributed by atoms with Crippen molar-refractivity contribution in [3.63, 3.8) is 0 Å². The largest absolute Gasteiger partial charge is 0.393 e. The Morgan fingerprint density at radius 1 is 1.44 bits per heavy atom. The van der Waals surface area contributed by atoms with Gasteiger partial charge in [0.05, 0.1) is 6.10 Å². The molecule has 16 heavy (non-hydrogen) atoms. The zero-order chi connectivity index (χ0) is 11.4. The minimum atomic E-state index is -0.275. The second-order valence-corrected chi connectivity index (χ2v) is 4.21. The molecule has 1 aromatic heterocycles. The average molecular weight is 220 g/mol. The summed E-state index contributed by atoms with van der Waals surface area (Å²) in [5.74, 6) is -0.153. The zero-order valence-electron chi connectivity index (χ0n) is 9.10. The number of aliphatic hydroxyl groups is 1. The number of pyridine rings is 1. The molecule has 0 spiro atoms. The van der Waals surface area contributed by atoms with Gasteiger partial charge in [0.25, 0.3) is 5.91 Å². The number of amides is 1. The summed E-state index contributed by atoms with van der Waals surface area (Å²) < 4.78 is 0. The molecule has 1 heterocycles. The zero-order valence-corrected chi connectivity index (χ0v) is 9.10. The van der Waals surface area contributed by atoms with E-state index in [4.69, 9.17) is 0 Å². The van der Waals surface area contributed by atoms with Crippen LogP contribution in [0.5, 0.6) is 0 Å². The number of carbonyl (C=O) groups excluding carboxylic acids is 1. The smallest absolute Gasteiger partial charge is 0.270 e. The summed E-state index contributed by atoms with van der Waals surface area (Å²) in [4.78, 5) is 15.8. The first kappa shape index (κ1) is 11.1. The number of rotatable bonds is 2. The fourth-order valence-electron chi connectivity index (χ4n) is 2.05. The lowest BCUT2D eigenvalue weighted by Gasteiger charge is -2.26. The van der Waals surface area contributed by atoms with Crippen molar-refractivity contribution in [2.45, 2.75) is 37.8 Å². The summed E-state index contributed by atoms with van der Waals surface area (Å²) in [5.41, 5.74) is 0.433. The monoisotopic (exact) mass is 220 g/mol. The van der Waals surface area contributed by atoms with Gasteiger partial charge in [0, 0.05) is 12.2 Å². The van der Waals surface area contributed by atoms with Gasteiger partial charge in [0.1, 0.15) is 5.69 Å². The Kier molecular flexibility index (Phi) is 3.51. The van der Waals surface area contributed by atoms with Gasteiger partial charge in [-0.3, -0.25) is 9.78 Å². The van der Waals surface area contributed by atoms with Crippen molar-refractivity contribution < 1.29 is 9.90 Å². The molecular formula is C12H16N2O2. The van der Waals surface area contributed by atoms with E-state index in [0.29, 0.717) is 12.1 Å². The lowest BCUT2D eigenvalue weighted by molar-refractivity contribution is 0.0845. The molecular weight excluding hydrogens is 204 g/mol. The second kappa shape index (κ2) is 5.07. The van der Waals surface area contributed by atoms with Crippen LogP contribution in [0.25, 0.3) is 0 Å². The van der Waals surface area contributed by atoms with E-state index in [0.717, 1.165) is 19.3 Å². The van der Waals surface area contributed by atoms with Crippen LogP contribution in [0.15, 0.2) is 24.4 Å². The van der Waals surface area contributed by atoms with E-state index in [1.54, 1.807) is 24.4 Å². The second-order valence-electron chi connectivity index (χ2n) is 4.21. The van der Waals surface area contributed by atoms with Gasteiger partial charge in [-0.2, -0.15) is 0 Å². The maximum Gasteiger partial charge on any atom is 0.270 e. The highest BCUT2D eigenvalue weighted by atomic mass is 16.3. The SMILES string of the molecule is O=C(NC1CCCC(O)C1)c1ccccn1. The van der Waals surface area contributed by atoms with E-state index in [2.05, 4.69) is 10.3 Å². The lowest BCUT2D eigenvalue weighted by atomic mass is 9.93. The van der Waals surface area contributed by atoms with Gasteiger partial charge in [-0.25, -0.2) is 0 Å². The molecule has 4 heteroatoms. The third-order valence-electron chi connectivity index (χ3n) is 2.88. The minimum Gasteiger partial charge on any atom is -0.393 e. The van der Waals surface area contributed by atoms with E-state index >= 15 is 0 Å². The molecule has 0 aromatic carbocycles. The number of nitrogens with zero attached hydrogens (tertiary/aromatic N) is 1. The number of hydrogen-bond acceptors (Lipinski definition) is 3. The molecule has 2 rings (SSSR count).